The number of fused-ring (bicyclic) bond motifs is 1. The number of aromatic nitrogens is 2. The van der Waals surface area contributed by atoms with Crippen LogP contribution < -0.4 is 4.90 Å². The van der Waals surface area contributed by atoms with Gasteiger partial charge in [-0.3, -0.25) is 19.8 Å². The SMILES string of the molecule is COC(=O)C1(Cc2nc(Cl)nc(N3CCN(C(=O)O)[C@@H](CO)C3)c2[N+](=O)[O-])CCCc2ccccc21. The van der Waals surface area contributed by atoms with Crippen LogP contribution in [0.2, 0.25) is 5.28 Å². The Kier molecular flexibility index (Phi) is 7.27. The molecule has 13 heteroatoms. The summed E-state index contributed by atoms with van der Waals surface area (Å²) in [7, 11) is 1.28. The molecule has 2 aromatic rings. The van der Waals surface area contributed by atoms with E-state index in [9.17, 15) is 29.9 Å². The molecule has 2 N–H and O–H groups in total. The number of hydrogen-bond donors (Lipinski definition) is 2. The van der Waals surface area contributed by atoms with Crippen LogP contribution in [0.15, 0.2) is 24.3 Å². The minimum Gasteiger partial charge on any atom is -0.468 e. The molecule has 12 nitrogen and oxygen atoms in total. The van der Waals surface area contributed by atoms with Crippen molar-refractivity contribution in [2.75, 3.05) is 38.3 Å². The minimum atomic E-state index is -1.20. The number of aliphatic hydroxyl groups is 1. The molecular formula is C23H26ClN5O7. The maximum Gasteiger partial charge on any atom is 0.407 e. The molecule has 4 rings (SSSR count). The highest BCUT2D eigenvalue weighted by Gasteiger charge is 2.47. The molecule has 192 valence electrons. The van der Waals surface area contributed by atoms with E-state index in [1.807, 2.05) is 24.3 Å². The summed E-state index contributed by atoms with van der Waals surface area (Å²) < 4.78 is 5.18. The number of nitrogens with zero attached hydrogens (tertiary/aromatic N) is 5. The third-order valence-electron chi connectivity index (χ3n) is 6.96. The fraction of sp³-hybridized carbons (Fsp3) is 0.478. The minimum absolute atomic E-state index is 0.00808. The lowest BCUT2D eigenvalue weighted by atomic mass is 9.67. The average Bonchev–Trinajstić information content (AvgIpc) is 2.87. The van der Waals surface area contributed by atoms with Crippen molar-refractivity contribution in [3.63, 3.8) is 0 Å². The number of halogens is 1. The lowest BCUT2D eigenvalue weighted by Gasteiger charge is -2.39. The number of nitro groups is 1. The number of aliphatic hydroxyl groups excluding tert-OH is 1. The molecule has 2 aliphatic rings. The van der Waals surface area contributed by atoms with E-state index >= 15 is 0 Å². The number of carbonyl (C=O) groups excluding carboxylic acids is 1. The van der Waals surface area contributed by atoms with Gasteiger partial charge < -0.3 is 19.8 Å². The lowest BCUT2D eigenvalue weighted by Crippen LogP contribution is -2.56. The zero-order valence-electron chi connectivity index (χ0n) is 19.6. The van der Waals surface area contributed by atoms with Gasteiger partial charge in [0.15, 0.2) is 0 Å². The van der Waals surface area contributed by atoms with Gasteiger partial charge in [-0.15, -0.1) is 0 Å². The molecule has 0 radical (unpaired) electrons. The van der Waals surface area contributed by atoms with Gasteiger partial charge in [0, 0.05) is 26.1 Å². The molecule has 1 amide bonds. The van der Waals surface area contributed by atoms with Gasteiger partial charge in [-0.05, 0) is 42.0 Å². The fourth-order valence-electron chi connectivity index (χ4n) is 5.31. The number of ether oxygens (including phenoxy) is 1. The standard InChI is InChI=1S/C23H26ClN5O7/c1-36-20(31)23(8-4-6-14-5-2-3-7-16(14)23)11-17-18(29(34)35)19(26-21(24)25-17)27-9-10-28(22(32)33)15(12-27)13-30/h2-3,5,7,15,30H,4,6,8-13H2,1H3,(H,32,33)/t15-,23?/m1/s1. The second kappa shape index (κ2) is 10.2. The molecule has 1 aromatic heterocycles. The largest absolute Gasteiger partial charge is 0.468 e. The van der Waals surface area contributed by atoms with Gasteiger partial charge in [0.25, 0.3) is 0 Å². The van der Waals surface area contributed by atoms with E-state index in [0.717, 1.165) is 22.4 Å². The highest BCUT2D eigenvalue weighted by atomic mass is 35.5. The normalized spacial score (nSPS) is 21.6. The number of aryl methyl sites for hydroxylation is 1. The Hall–Kier alpha value is -3.51. The first-order valence-corrected chi connectivity index (χ1v) is 11.8. The first-order valence-electron chi connectivity index (χ1n) is 11.4. The van der Waals surface area contributed by atoms with Gasteiger partial charge in [-0.1, -0.05) is 24.3 Å². The van der Waals surface area contributed by atoms with Crippen molar-refractivity contribution in [2.24, 2.45) is 0 Å². The van der Waals surface area contributed by atoms with Crippen LogP contribution >= 0.6 is 11.6 Å². The summed E-state index contributed by atoms with van der Waals surface area (Å²) in [5.74, 6) is -0.599. The molecule has 36 heavy (non-hydrogen) atoms. The van der Waals surface area contributed by atoms with Gasteiger partial charge >= 0.3 is 17.7 Å². The van der Waals surface area contributed by atoms with Crippen LogP contribution in [0.5, 0.6) is 0 Å². The Bertz CT molecular complexity index is 1200. The number of hydrogen-bond acceptors (Lipinski definition) is 9. The first-order chi connectivity index (χ1) is 17.2. The van der Waals surface area contributed by atoms with Gasteiger partial charge in [-0.2, -0.15) is 4.98 Å². The number of piperazine rings is 1. The Morgan fingerprint density at radius 1 is 1.31 bits per heavy atom. The van der Waals surface area contributed by atoms with Crippen LogP contribution in [0.25, 0.3) is 0 Å². The molecule has 0 spiro atoms. The Labute approximate surface area is 211 Å². The van der Waals surface area contributed by atoms with Crippen molar-refractivity contribution >= 4 is 35.2 Å². The summed E-state index contributed by atoms with van der Waals surface area (Å²) in [5, 5.41) is 31.2. The van der Waals surface area contributed by atoms with E-state index in [4.69, 9.17) is 16.3 Å². The molecule has 2 atom stereocenters. The van der Waals surface area contributed by atoms with E-state index in [1.54, 1.807) is 0 Å². The number of methoxy groups -OCH3 is 1. The monoisotopic (exact) mass is 519 g/mol. The Morgan fingerprint density at radius 3 is 2.72 bits per heavy atom. The van der Waals surface area contributed by atoms with Gasteiger partial charge in [0.1, 0.15) is 5.69 Å². The van der Waals surface area contributed by atoms with E-state index in [1.165, 1.54) is 12.0 Å². The molecule has 1 aromatic carbocycles. The number of esters is 1. The van der Waals surface area contributed by atoms with Crippen LogP contribution in [-0.4, -0.2) is 81.5 Å². The second-order valence-electron chi connectivity index (χ2n) is 8.89. The van der Waals surface area contributed by atoms with Crippen molar-refractivity contribution in [1.82, 2.24) is 14.9 Å². The third-order valence-corrected chi connectivity index (χ3v) is 7.13. The van der Waals surface area contributed by atoms with E-state index in [2.05, 4.69) is 9.97 Å². The molecule has 1 fully saturated rings. The number of benzene rings is 1. The Balaban J connectivity index is 1.81. The molecule has 0 bridgehead atoms. The highest BCUT2D eigenvalue weighted by Crippen LogP contribution is 2.43. The maximum absolute atomic E-state index is 13.2. The summed E-state index contributed by atoms with van der Waals surface area (Å²) in [6, 6.07) is 6.64. The summed E-state index contributed by atoms with van der Waals surface area (Å²) in [6.45, 7) is -0.387. The van der Waals surface area contributed by atoms with Crippen LogP contribution in [-0.2, 0) is 27.8 Å². The van der Waals surface area contributed by atoms with Crippen molar-refractivity contribution < 1.29 is 29.5 Å². The maximum atomic E-state index is 13.2. The lowest BCUT2D eigenvalue weighted by molar-refractivity contribution is -0.385. The van der Waals surface area contributed by atoms with E-state index < -0.39 is 40.7 Å². The zero-order chi connectivity index (χ0) is 26.0. The predicted octanol–water partition coefficient (Wildman–Crippen LogP) is 2.19. The summed E-state index contributed by atoms with van der Waals surface area (Å²) >= 11 is 6.23. The topological polar surface area (TPSA) is 159 Å². The number of rotatable bonds is 6. The summed E-state index contributed by atoms with van der Waals surface area (Å²) in [4.78, 5) is 47.4. The van der Waals surface area contributed by atoms with Gasteiger partial charge in [-0.25, -0.2) is 9.78 Å². The van der Waals surface area contributed by atoms with Crippen molar-refractivity contribution in [2.45, 2.75) is 37.1 Å². The molecule has 1 aliphatic carbocycles. The quantitative estimate of drug-likeness (QED) is 0.250. The first kappa shape index (κ1) is 25.6. The molecule has 1 unspecified atom stereocenters. The van der Waals surface area contributed by atoms with Gasteiger partial charge in [0.2, 0.25) is 11.1 Å². The Morgan fingerprint density at radius 2 is 2.06 bits per heavy atom. The fourth-order valence-corrected chi connectivity index (χ4v) is 5.50. The van der Waals surface area contributed by atoms with Gasteiger partial charge in [0.05, 0.1) is 30.1 Å². The number of anilines is 1. The number of carboxylic acid groups (broad SMARTS) is 1. The van der Waals surface area contributed by atoms with E-state index in [0.29, 0.717) is 12.8 Å². The third kappa shape index (κ3) is 4.53. The number of amides is 1. The molecule has 1 saturated heterocycles. The average molecular weight is 520 g/mol. The van der Waals surface area contributed by atoms with Crippen LogP contribution in [0, 0.1) is 10.1 Å². The number of carbonyl (C=O) groups is 2. The van der Waals surface area contributed by atoms with Crippen molar-refractivity contribution in [1.29, 1.82) is 0 Å². The molecule has 0 saturated carbocycles. The summed E-state index contributed by atoms with van der Waals surface area (Å²) in [5.41, 5.74) is 0.0836. The van der Waals surface area contributed by atoms with Crippen LogP contribution in [0.3, 0.4) is 0 Å². The smallest absolute Gasteiger partial charge is 0.407 e. The molecule has 2 heterocycles. The van der Waals surface area contributed by atoms with Crippen molar-refractivity contribution in [3.8, 4) is 0 Å². The predicted molar refractivity (Wildman–Crippen MR) is 128 cm³/mol. The van der Waals surface area contributed by atoms with Crippen molar-refractivity contribution in [3.05, 3.63) is 56.5 Å². The van der Waals surface area contributed by atoms with Crippen LogP contribution in [0.4, 0.5) is 16.3 Å². The second-order valence-corrected chi connectivity index (χ2v) is 9.23. The molecular weight excluding hydrogens is 494 g/mol. The zero-order valence-corrected chi connectivity index (χ0v) is 20.3. The molecule has 1 aliphatic heterocycles. The van der Waals surface area contributed by atoms with Crippen LogP contribution in [0.1, 0.15) is 29.7 Å². The highest BCUT2D eigenvalue weighted by molar-refractivity contribution is 6.28. The van der Waals surface area contributed by atoms with E-state index in [-0.39, 0.29) is 42.9 Å². The summed E-state index contributed by atoms with van der Waals surface area (Å²) in [6.07, 6.45) is 0.542.